The summed E-state index contributed by atoms with van der Waals surface area (Å²) in [7, 11) is 1.61. The Labute approximate surface area is 162 Å². The number of carboxylic acid groups (broad SMARTS) is 1. The van der Waals surface area contributed by atoms with Crippen molar-refractivity contribution < 1.29 is 9.90 Å². The molecule has 3 heterocycles. The van der Waals surface area contributed by atoms with Crippen molar-refractivity contribution >= 4 is 52.1 Å². The molecule has 0 saturated carbocycles. The van der Waals surface area contributed by atoms with E-state index in [1.165, 1.54) is 22.2 Å². The zero-order valence-corrected chi connectivity index (χ0v) is 16.0. The van der Waals surface area contributed by atoms with Gasteiger partial charge in [0, 0.05) is 12.6 Å². The fourth-order valence-electron chi connectivity index (χ4n) is 2.55. The number of pyridine rings is 1. The molecule has 0 saturated heterocycles. The second kappa shape index (κ2) is 7.10. The molecule has 0 aromatic carbocycles. The van der Waals surface area contributed by atoms with Crippen molar-refractivity contribution in [3.8, 4) is 11.4 Å². The minimum absolute atomic E-state index is 0.265. The predicted octanol–water partition coefficient (Wildman–Crippen LogP) is 4.07. The molecule has 0 bridgehead atoms. The summed E-state index contributed by atoms with van der Waals surface area (Å²) in [6.45, 7) is 1.71. The highest BCUT2D eigenvalue weighted by Gasteiger charge is 2.31. The maximum Gasteiger partial charge on any atom is 0.413 e. The summed E-state index contributed by atoms with van der Waals surface area (Å²) in [5.41, 5.74) is 7.52. The minimum Gasteiger partial charge on any atom is -0.465 e. The van der Waals surface area contributed by atoms with E-state index in [1.54, 1.807) is 32.2 Å². The predicted molar refractivity (Wildman–Crippen MR) is 102 cm³/mol. The van der Waals surface area contributed by atoms with E-state index in [0.29, 0.717) is 31.3 Å². The molecule has 136 valence electrons. The Kier molecular flexibility index (Phi) is 5.03. The molecular formula is C15H14Cl2N6O2S. The second-order valence-corrected chi connectivity index (χ2v) is 7.76. The number of aryl methyl sites for hydroxylation is 1. The van der Waals surface area contributed by atoms with E-state index in [9.17, 15) is 9.90 Å². The van der Waals surface area contributed by atoms with Gasteiger partial charge in [0.25, 0.3) is 0 Å². The largest absolute Gasteiger partial charge is 0.465 e. The van der Waals surface area contributed by atoms with Crippen LogP contribution in [0.4, 0.5) is 16.3 Å². The number of halogens is 2. The third-order valence-corrected chi connectivity index (χ3v) is 5.30. The van der Waals surface area contributed by atoms with Crippen molar-refractivity contribution in [3.63, 3.8) is 0 Å². The van der Waals surface area contributed by atoms with Crippen LogP contribution in [0.2, 0.25) is 8.67 Å². The highest BCUT2D eigenvalue weighted by molar-refractivity contribution is 7.20. The van der Waals surface area contributed by atoms with E-state index in [0.717, 1.165) is 4.90 Å². The van der Waals surface area contributed by atoms with Crippen LogP contribution in [0.15, 0.2) is 24.4 Å². The van der Waals surface area contributed by atoms with Crippen molar-refractivity contribution in [3.05, 3.63) is 38.6 Å². The van der Waals surface area contributed by atoms with Crippen LogP contribution in [-0.4, -0.2) is 31.2 Å². The van der Waals surface area contributed by atoms with Crippen molar-refractivity contribution in [1.29, 1.82) is 0 Å². The van der Waals surface area contributed by atoms with Gasteiger partial charge in [-0.25, -0.2) is 9.48 Å². The highest BCUT2D eigenvalue weighted by atomic mass is 35.5. The third-order valence-electron chi connectivity index (χ3n) is 3.78. The first kappa shape index (κ1) is 18.4. The number of anilines is 2. The molecule has 0 aliphatic rings. The zero-order chi connectivity index (χ0) is 19.0. The molecule has 8 nitrogen and oxygen atoms in total. The van der Waals surface area contributed by atoms with Crippen LogP contribution < -0.4 is 10.6 Å². The lowest BCUT2D eigenvalue weighted by Crippen LogP contribution is -2.34. The Morgan fingerprint density at radius 3 is 2.69 bits per heavy atom. The first-order valence-electron chi connectivity index (χ1n) is 7.38. The van der Waals surface area contributed by atoms with Gasteiger partial charge in [-0.15, -0.1) is 16.4 Å². The number of nitrogen functional groups attached to an aromatic ring is 1. The van der Waals surface area contributed by atoms with E-state index in [-0.39, 0.29) is 5.82 Å². The molecule has 3 aromatic heterocycles. The number of carbonyl (C=O) groups is 1. The van der Waals surface area contributed by atoms with E-state index in [1.807, 2.05) is 0 Å². The monoisotopic (exact) mass is 412 g/mol. The standard InChI is InChI=1S/C15H14Cl2N6O2S/c1-7(9-5-11(16)26-13(9)17)23(15(24)25)14-12(20-21-22(14)2)10-4-3-8(18)6-19-10/h3-7H,18H2,1-2H3,(H,24,25)/t7-/m1/s1. The van der Waals surface area contributed by atoms with E-state index in [4.69, 9.17) is 28.9 Å². The summed E-state index contributed by atoms with van der Waals surface area (Å²) >= 11 is 13.4. The van der Waals surface area contributed by atoms with Crippen molar-refractivity contribution in [2.24, 2.45) is 7.05 Å². The van der Waals surface area contributed by atoms with Gasteiger partial charge in [0.05, 0.1) is 32.3 Å². The van der Waals surface area contributed by atoms with Gasteiger partial charge in [0.2, 0.25) is 0 Å². The Balaban J connectivity index is 2.12. The normalized spacial score (nSPS) is 12.2. The number of aromatic nitrogens is 4. The molecule has 0 unspecified atom stereocenters. The van der Waals surface area contributed by atoms with Gasteiger partial charge in [0.1, 0.15) is 0 Å². The molecule has 3 rings (SSSR count). The average molecular weight is 413 g/mol. The smallest absolute Gasteiger partial charge is 0.413 e. The summed E-state index contributed by atoms with van der Waals surface area (Å²) in [6.07, 6.45) is 0.288. The molecule has 11 heteroatoms. The van der Waals surface area contributed by atoms with Crippen LogP contribution in [0.3, 0.4) is 0 Å². The Bertz CT molecular complexity index is 956. The molecule has 0 aliphatic carbocycles. The van der Waals surface area contributed by atoms with Gasteiger partial charge in [-0.05, 0) is 25.1 Å². The SMILES string of the molecule is C[C@H](c1cc(Cl)sc1Cl)N(C(=O)O)c1c(-c2ccc(N)cn2)nnn1C. The van der Waals surface area contributed by atoms with Crippen LogP contribution in [-0.2, 0) is 7.05 Å². The Morgan fingerprint density at radius 1 is 1.42 bits per heavy atom. The molecule has 1 amide bonds. The Morgan fingerprint density at radius 2 is 2.15 bits per heavy atom. The number of hydrogen-bond acceptors (Lipinski definition) is 6. The van der Waals surface area contributed by atoms with Gasteiger partial charge in [0.15, 0.2) is 11.5 Å². The van der Waals surface area contributed by atoms with Crippen LogP contribution >= 0.6 is 34.5 Å². The zero-order valence-electron chi connectivity index (χ0n) is 13.7. The summed E-state index contributed by atoms with van der Waals surface area (Å²) < 4.78 is 2.28. The Hall–Kier alpha value is -2.36. The number of amides is 1. The lowest BCUT2D eigenvalue weighted by molar-refractivity contribution is 0.199. The molecular weight excluding hydrogens is 399 g/mol. The van der Waals surface area contributed by atoms with Gasteiger partial charge in [-0.2, -0.15) is 0 Å². The van der Waals surface area contributed by atoms with Gasteiger partial charge < -0.3 is 10.8 Å². The number of rotatable bonds is 4. The van der Waals surface area contributed by atoms with E-state index >= 15 is 0 Å². The lowest BCUT2D eigenvalue weighted by Gasteiger charge is -2.26. The molecule has 0 aliphatic heterocycles. The van der Waals surface area contributed by atoms with Gasteiger partial charge >= 0.3 is 6.09 Å². The second-order valence-electron chi connectivity index (χ2n) is 5.47. The van der Waals surface area contributed by atoms with Crippen molar-refractivity contribution in [2.45, 2.75) is 13.0 Å². The van der Waals surface area contributed by atoms with Crippen molar-refractivity contribution in [1.82, 2.24) is 20.0 Å². The van der Waals surface area contributed by atoms with Gasteiger partial charge in [-0.3, -0.25) is 9.88 Å². The molecule has 3 aromatic rings. The molecule has 0 spiro atoms. The van der Waals surface area contributed by atoms with E-state index in [2.05, 4.69) is 15.3 Å². The first-order chi connectivity index (χ1) is 12.3. The quantitative estimate of drug-likeness (QED) is 0.667. The van der Waals surface area contributed by atoms with Crippen LogP contribution in [0.5, 0.6) is 0 Å². The maximum atomic E-state index is 12.1. The van der Waals surface area contributed by atoms with Crippen molar-refractivity contribution in [2.75, 3.05) is 10.6 Å². The molecule has 0 radical (unpaired) electrons. The number of nitrogens with two attached hydrogens (primary N) is 1. The number of thiophene rings is 1. The third kappa shape index (κ3) is 3.33. The summed E-state index contributed by atoms with van der Waals surface area (Å²) in [4.78, 5) is 17.4. The minimum atomic E-state index is -1.18. The van der Waals surface area contributed by atoms with Crippen LogP contribution in [0.25, 0.3) is 11.4 Å². The topological polar surface area (TPSA) is 110 Å². The van der Waals surface area contributed by atoms with Gasteiger partial charge in [-0.1, -0.05) is 28.4 Å². The number of hydrogen-bond donors (Lipinski definition) is 2. The molecule has 1 atom stereocenters. The molecule has 3 N–H and O–H groups in total. The van der Waals surface area contributed by atoms with Crippen LogP contribution in [0, 0.1) is 0 Å². The molecule has 26 heavy (non-hydrogen) atoms. The summed E-state index contributed by atoms with van der Waals surface area (Å²) in [5.74, 6) is 0.265. The first-order valence-corrected chi connectivity index (χ1v) is 8.95. The summed E-state index contributed by atoms with van der Waals surface area (Å²) in [5, 5.41) is 17.9. The summed E-state index contributed by atoms with van der Waals surface area (Å²) in [6, 6.07) is 4.35. The average Bonchev–Trinajstić information content (AvgIpc) is 3.11. The van der Waals surface area contributed by atoms with Crippen LogP contribution in [0.1, 0.15) is 18.5 Å². The highest BCUT2D eigenvalue weighted by Crippen LogP contribution is 2.40. The fraction of sp³-hybridized carbons (Fsp3) is 0.200. The fourth-order valence-corrected chi connectivity index (χ4v) is 4.18. The maximum absolute atomic E-state index is 12.1. The van der Waals surface area contributed by atoms with E-state index < -0.39 is 12.1 Å². The molecule has 0 fully saturated rings. The lowest BCUT2D eigenvalue weighted by atomic mass is 10.1. The number of nitrogens with zero attached hydrogens (tertiary/aromatic N) is 5.